The molecule has 1 aliphatic heterocycles. The molecule has 0 aromatic heterocycles. The maximum Gasteiger partial charge on any atom is 0.329 e. The van der Waals surface area contributed by atoms with Crippen LogP contribution >= 0.6 is 0 Å². The third kappa shape index (κ3) is 32.2. The number of carbonyl (C=O) groups excluding carboxylic acids is 15. The van der Waals surface area contributed by atoms with E-state index in [1.807, 2.05) is 16.0 Å². The Kier molecular flexibility index (Phi) is 38.2. The van der Waals surface area contributed by atoms with Gasteiger partial charge in [-0.05, 0) is 57.7 Å². The van der Waals surface area contributed by atoms with Gasteiger partial charge in [0.1, 0.15) is 66.5 Å². The molecule has 14 amide bonds. The quantitative estimate of drug-likeness (QED) is 0.0142. The van der Waals surface area contributed by atoms with Gasteiger partial charge in [-0.3, -0.25) is 81.5 Å². The first-order valence-corrected chi connectivity index (χ1v) is 32.4. The van der Waals surface area contributed by atoms with E-state index in [9.17, 15) is 117 Å². The molecule has 0 spiro atoms. The Balaban J connectivity index is 2.92. The number of carboxylic acids is 4. The van der Waals surface area contributed by atoms with Crippen LogP contribution in [0.4, 0.5) is 10.5 Å². The molecule has 24 N–H and O–H groups in total. The zero-order valence-corrected chi connectivity index (χ0v) is 56.5. The van der Waals surface area contributed by atoms with Crippen molar-refractivity contribution in [2.24, 2.45) is 17.4 Å². The molecular formula is C61H92N16O25. The number of urea groups is 1. The van der Waals surface area contributed by atoms with Gasteiger partial charge in [-0.1, -0.05) is 64.5 Å². The number of ketones is 1. The van der Waals surface area contributed by atoms with Crippen molar-refractivity contribution in [2.75, 3.05) is 38.5 Å². The predicted molar refractivity (Wildman–Crippen MR) is 350 cm³/mol. The molecule has 41 heteroatoms. The number of hydrogen-bond acceptors (Lipinski definition) is 23. The summed E-state index contributed by atoms with van der Waals surface area (Å²) in [5, 5.41) is 77.1. The number of anilines is 1. The van der Waals surface area contributed by atoms with Crippen molar-refractivity contribution in [3.63, 3.8) is 0 Å². The van der Waals surface area contributed by atoms with E-state index < -0.39 is 243 Å². The predicted octanol–water partition coefficient (Wildman–Crippen LogP) is -7.04. The van der Waals surface area contributed by atoms with Crippen molar-refractivity contribution in [1.29, 1.82) is 0 Å². The molecule has 10 unspecified atom stereocenters. The maximum atomic E-state index is 14.7. The first-order chi connectivity index (χ1) is 48.0. The number of aliphatic hydroxyl groups is 1. The Hall–Kier alpha value is -11.1. The minimum atomic E-state index is -2.39. The molecule has 0 saturated carbocycles. The number of primary amides is 1. The molecule has 102 heavy (non-hydrogen) atoms. The van der Waals surface area contributed by atoms with Gasteiger partial charge in [-0.15, -0.1) is 0 Å². The van der Waals surface area contributed by atoms with Gasteiger partial charge in [-0.25, -0.2) is 9.59 Å². The number of aliphatic hydroxyl groups excluding tert-OH is 1. The SMILES string of the molecule is CCCCCCCCCNC(=O)N[C@@H](CC(N)=O)C(=O)N[C@@H](CC(=O)O)C(=O)NC1C(=O)NCC(=O)NC(CCCN)C(=O)NC(CC(=O)O)C(=O)NC(C)C(=O)NC(CC(=O)O)C(=O)NCC(=O)NC(CO)C(=O)NC(C(C)CC(=O)O)C(=O)NC(CC(=O)c2ccccc2N)C(=O)OC1C. The molecule has 1 saturated heterocycles. The lowest BCUT2D eigenvalue weighted by Gasteiger charge is -2.30. The number of nitrogens with one attached hydrogen (secondary N) is 13. The highest BCUT2D eigenvalue weighted by Crippen LogP contribution is 2.18. The van der Waals surface area contributed by atoms with Crippen LogP contribution in [0, 0.1) is 5.92 Å². The standard InChI is InChI=1S/C61H92N16O25/c1-5-6-7-8-9-10-13-19-65-61(101)75-35(22-42(64)80)55(95)73-38(25-48(89)90)56(96)77-50-31(4)102-60(100)39(21-41(79)32-15-11-12-16-33(32)63)74-59(99)49(29(2)20-45(83)84)76-57(97)40(28-78)70-44(82)26-66-52(92)36(23-46(85)86)71-51(91)30(3)68-54(94)37(24-47(87)88)72-53(93)34(17-14-18-62)69-43(81)27-67-58(50)98/h11-12,15-16,29-31,34-40,49-50,78H,5-10,13-14,17-28,62-63H2,1-4H3,(H2,64,80)(H,66,92)(H,67,98)(H,68,94)(H,69,81)(H,70,82)(H,71,91)(H,72,93)(H,73,95)(H,74,99)(H,76,97)(H,77,96)(H,83,84)(H,85,86)(H,87,88)(H,89,90)(H2,65,75,101)/t29?,30?,31?,34?,35-,36?,37?,38-,39?,40?,49?,50?/m0/s1. The van der Waals surface area contributed by atoms with Crippen molar-refractivity contribution in [1.82, 2.24) is 69.1 Å². The third-order valence-electron chi connectivity index (χ3n) is 15.2. The minimum Gasteiger partial charge on any atom is -0.481 e. The lowest BCUT2D eigenvalue weighted by Crippen LogP contribution is -2.61. The Morgan fingerprint density at radius 1 is 0.569 bits per heavy atom. The number of amides is 14. The van der Waals surface area contributed by atoms with Crippen molar-refractivity contribution in [3.8, 4) is 0 Å². The summed E-state index contributed by atoms with van der Waals surface area (Å²) in [5.74, 6) is -27.6. The number of rotatable bonds is 31. The molecule has 566 valence electrons. The van der Waals surface area contributed by atoms with E-state index in [2.05, 4.69) is 60.1 Å². The van der Waals surface area contributed by atoms with Gasteiger partial charge in [0, 0.05) is 24.2 Å². The smallest absolute Gasteiger partial charge is 0.329 e. The Labute approximate surface area is 583 Å². The fourth-order valence-corrected chi connectivity index (χ4v) is 9.72. The monoisotopic (exact) mass is 1450 g/mol. The van der Waals surface area contributed by atoms with Crippen molar-refractivity contribution >= 4 is 118 Å². The second-order valence-corrected chi connectivity index (χ2v) is 23.7. The number of cyclic esters (lactones) is 1. The van der Waals surface area contributed by atoms with E-state index in [1.54, 1.807) is 0 Å². The van der Waals surface area contributed by atoms with E-state index in [0.717, 1.165) is 59.3 Å². The average Bonchev–Trinajstić information content (AvgIpc) is 0.835. The number of unbranched alkanes of at least 4 members (excludes halogenated alkanes) is 6. The summed E-state index contributed by atoms with van der Waals surface area (Å²) in [4.78, 5) is 254. The molecule has 0 aliphatic carbocycles. The van der Waals surface area contributed by atoms with Gasteiger partial charge >= 0.3 is 35.9 Å². The zero-order valence-electron chi connectivity index (χ0n) is 56.5. The van der Waals surface area contributed by atoms with Crippen LogP contribution in [-0.2, 0) is 86.2 Å². The highest BCUT2D eigenvalue weighted by atomic mass is 16.5. The number of carboxylic acid groups (broad SMARTS) is 4. The molecule has 12 atom stereocenters. The second kappa shape index (κ2) is 44.8. The number of ether oxygens (including phenoxy) is 1. The summed E-state index contributed by atoms with van der Waals surface area (Å²) in [5.41, 5.74) is 16.7. The summed E-state index contributed by atoms with van der Waals surface area (Å²) in [6.07, 6.45) is -3.15. The number of Topliss-reactive ketones (excluding diaryl/α,β-unsaturated/α-hetero) is 1. The van der Waals surface area contributed by atoms with Gasteiger partial charge in [0.05, 0.1) is 51.8 Å². The third-order valence-corrected chi connectivity index (χ3v) is 15.2. The Bertz CT molecular complexity index is 3210. The number of aliphatic carboxylic acids is 4. The first kappa shape index (κ1) is 87.0. The Morgan fingerprint density at radius 3 is 1.67 bits per heavy atom. The number of nitrogens with two attached hydrogens (primary N) is 3. The molecular weight excluding hydrogens is 1360 g/mol. The van der Waals surface area contributed by atoms with E-state index in [0.29, 0.717) is 6.42 Å². The van der Waals surface area contributed by atoms with Crippen LogP contribution in [0.2, 0.25) is 0 Å². The molecule has 1 heterocycles. The normalized spacial score (nSPS) is 22.0. The average molecular weight is 1450 g/mol. The zero-order chi connectivity index (χ0) is 76.9. The van der Waals surface area contributed by atoms with E-state index in [1.165, 1.54) is 24.3 Å². The summed E-state index contributed by atoms with van der Waals surface area (Å²) in [6.45, 7) is 1.32. The lowest BCUT2D eigenvalue weighted by molar-refractivity contribution is -0.156. The fraction of sp³-hybridized carbons (Fsp3) is 0.590. The Morgan fingerprint density at radius 2 is 1.10 bits per heavy atom. The van der Waals surface area contributed by atoms with E-state index in [-0.39, 0.29) is 37.2 Å². The molecule has 0 bridgehead atoms. The number of carbonyl (C=O) groups is 19. The summed E-state index contributed by atoms with van der Waals surface area (Å²) >= 11 is 0. The first-order valence-electron chi connectivity index (χ1n) is 32.4. The van der Waals surface area contributed by atoms with Crippen molar-refractivity contribution in [2.45, 2.75) is 191 Å². The van der Waals surface area contributed by atoms with Crippen LogP contribution in [0.3, 0.4) is 0 Å². The fourth-order valence-electron chi connectivity index (χ4n) is 9.72. The lowest BCUT2D eigenvalue weighted by atomic mass is 9.96. The van der Waals surface area contributed by atoms with Gasteiger partial charge in [0.15, 0.2) is 5.78 Å². The molecule has 1 aliphatic rings. The maximum absolute atomic E-state index is 14.7. The highest BCUT2D eigenvalue weighted by molar-refractivity contribution is 6.05. The molecule has 1 aromatic rings. The number of benzene rings is 1. The number of esters is 1. The highest BCUT2D eigenvalue weighted by Gasteiger charge is 2.40. The second-order valence-electron chi connectivity index (χ2n) is 23.7. The van der Waals surface area contributed by atoms with Crippen LogP contribution in [0.1, 0.15) is 134 Å². The summed E-state index contributed by atoms with van der Waals surface area (Å²) in [7, 11) is 0. The van der Waals surface area contributed by atoms with Crippen LogP contribution in [-0.4, -0.2) is 237 Å². The molecule has 2 rings (SSSR count). The van der Waals surface area contributed by atoms with E-state index >= 15 is 0 Å². The summed E-state index contributed by atoms with van der Waals surface area (Å²) < 4.78 is 5.62. The number of para-hydroxylation sites is 1. The van der Waals surface area contributed by atoms with E-state index in [4.69, 9.17) is 21.9 Å². The summed E-state index contributed by atoms with van der Waals surface area (Å²) in [6, 6.07) is -16.4. The number of nitrogen functional groups attached to an aromatic ring is 1. The van der Waals surface area contributed by atoms with Gasteiger partial charge in [0.25, 0.3) is 0 Å². The molecule has 0 radical (unpaired) electrons. The van der Waals surface area contributed by atoms with Crippen LogP contribution in [0.25, 0.3) is 0 Å². The molecule has 1 aromatic carbocycles. The number of hydrogen-bond donors (Lipinski definition) is 21. The van der Waals surface area contributed by atoms with Gasteiger partial charge in [0.2, 0.25) is 70.9 Å². The van der Waals surface area contributed by atoms with Crippen molar-refractivity contribution < 1.29 is 121 Å². The van der Waals surface area contributed by atoms with Gasteiger partial charge < -0.3 is 117 Å². The molecule has 1 fully saturated rings. The molecule has 41 nitrogen and oxygen atoms in total. The minimum absolute atomic E-state index is 0.0734. The van der Waals surface area contributed by atoms with Crippen LogP contribution in [0.15, 0.2) is 24.3 Å². The van der Waals surface area contributed by atoms with Crippen LogP contribution in [0.5, 0.6) is 0 Å². The topological polar surface area (TPSA) is 669 Å². The largest absolute Gasteiger partial charge is 0.481 e. The van der Waals surface area contributed by atoms with Crippen molar-refractivity contribution in [3.05, 3.63) is 29.8 Å². The van der Waals surface area contributed by atoms with Crippen LogP contribution < -0.4 is 86.3 Å². The van der Waals surface area contributed by atoms with Gasteiger partial charge in [-0.2, -0.15) is 0 Å².